The monoisotopic (exact) mass is 265 g/mol. The second-order valence-electron chi connectivity index (χ2n) is 2.60. The number of benzene rings is 1. The second-order valence-corrected chi connectivity index (χ2v) is 3.52. The second kappa shape index (κ2) is 4.16. The maximum Gasteiger partial charge on any atom is 0.353 e. The molecule has 5 nitrogen and oxygen atoms in total. The van der Waals surface area contributed by atoms with Crippen LogP contribution in [0, 0.1) is 0 Å². The molecule has 1 heterocycles. The van der Waals surface area contributed by atoms with Crippen molar-refractivity contribution in [3.63, 3.8) is 0 Å². The zero-order valence-corrected chi connectivity index (χ0v) is 8.93. The van der Waals surface area contributed by atoms with Crippen LogP contribution in [0.2, 0.25) is 0 Å². The molecule has 1 aromatic carbocycles. The van der Waals surface area contributed by atoms with E-state index in [0.717, 1.165) is 10.0 Å². The summed E-state index contributed by atoms with van der Waals surface area (Å²) >= 11 is 3.31. The van der Waals surface area contributed by atoms with Crippen LogP contribution in [0.3, 0.4) is 0 Å². The van der Waals surface area contributed by atoms with Crippen LogP contribution < -0.4 is 0 Å². The summed E-state index contributed by atoms with van der Waals surface area (Å²) in [6, 6.07) is 7.23. The van der Waals surface area contributed by atoms with Crippen molar-refractivity contribution in [3.8, 4) is 11.5 Å². The van der Waals surface area contributed by atoms with Crippen molar-refractivity contribution in [1.29, 1.82) is 0 Å². The number of halogens is 1. The van der Waals surface area contributed by atoms with E-state index in [0.29, 0.717) is 5.89 Å². The smallest absolute Gasteiger partial charge is 0.353 e. The molecule has 0 atom stereocenters. The van der Waals surface area contributed by atoms with Crippen molar-refractivity contribution in [2.75, 3.05) is 0 Å². The van der Waals surface area contributed by atoms with Crippen LogP contribution in [0.5, 0.6) is 0 Å². The van der Waals surface area contributed by atoms with Gasteiger partial charge in [-0.05, 0) is 24.3 Å². The first-order chi connectivity index (χ1) is 7.29. The minimum atomic E-state index is -0.0945. The average molecular weight is 266 g/mol. The average Bonchev–Trinajstić information content (AvgIpc) is 2.68. The fraction of sp³-hybridized carbons (Fsp3) is 0. The molecule has 1 aromatic heterocycles. The van der Waals surface area contributed by atoms with E-state index >= 15 is 0 Å². The number of nitrogens with zero attached hydrogens (tertiary/aromatic N) is 3. The molecule has 2 rings (SSSR count). The van der Waals surface area contributed by atoms with E-state index in [-0.39, 0.29) is 6.01 Å². The molecule has 0 amide bonds. The molecule has 0 N–H and O–H groups in total. The van der Waals surface area contributed by atoms with Gasteiger partial charge in [0.25, 0.3) is 0 Å². The van der Waals surface area contributed by atoms with Gasteiger partial charge in [-0.1, -0.05) is 21.0 Å². The summed E-state index contributed by atoms with van der Waals surface area (Å²) in [5.74, 6) is 0.316. The Balaban J connectivity index is 2.37. The predicted molar refractivity (Wildman–Crippen MR) is 55.2 cm³/mol. The largest absolute Gasteiger partial charge is 0.401 e. The maximum atomic E-state index is 9.94. The predicted octanol–water partition coefficient (Wildman–Crippen LogP) is 2.47. The molecule has 0 aliphatic carbocycles. The highest BCUT2D eigenvalue weighted by atomic mass is 79.9. The van der Waals surface area contributed by atoms with Gasteiger partial charge in [0, 0.05) is 10.0 Å². The van der Waals surface area contributed by atoms with Gasteiger partial charge in [0.1, 0.15) is 0 Å². The van der Waals surface area contributed by atoms with Gasteiger partial charge in [-0.3, -0.25) is 0 Å². The number of aliphatic imine (C=N–C) groups is 1. The lowest BCUT2D eigenvalue weighted by Gasteiger charge is -1.93. The van der Waals surface area contributed by atoms with Crippen molar-refractivity contribution >= 4 is 28.0 Å². The molecule has 0 unspecified atom stereocenters. The van der Waals surface area contributed by atoms with Crippen LogP contribution in [0.1, 0.15) is 0 Å². The Hall–Kier alpha value is -1.78. The summed E-state index contributed by atoms with van der Waals surface area (Å²) < 4.78 is 6.04. The van der Waals surface area contributed by atoms with Crippen LogP contribution in [0.25, 0.3) is 11.5 Å². The van der Waals surface area contributed by atoms with Gasteiger partial charge >= 0.3 is 6.01 Å². The number of rotatable bonds is 2. The van der Waals surface area contributed by atoms with Gasteiger partial charge in [-0.15, -0.1) is 10.1 Å². The van der Waals surface area contributed by atoms with Gasteiger partial charge in [0.05, 0.1) is 0 Å². The quantitative estimate of drug-likeness (QED) is 0.618. The summed E-state index contributed by atoms with van der Waals surface area (Å²) in [4.78, 5) is 13.2. The van der Waals surface area contributed by atoms with E-state index in [1.165, 1.54) is 6.08 Å². The van der Waals surface area contributed by atoms with Gasteiger partial charge < -0.3 is 4.42 Å². The van der Waals surface area contributed by atoms with Crippen molar-refractivity contribution in [1.82, 2.24) is 10.2 Å². The highest BCUT2D eigenvalue weighted by Gasteiger charge is 2.06. The van der Waals surface area contributed by atoms with Gasteiger partial charge in [-0.2, -0.15) is 0 Å². The van der Waals surface area contributed by atoms with E-state index in [1.54, 1.807) is 0 Å². The lowest BCUT2D eigenvalue weighted by atomic mass is 10.2. The minimum Gasteiger partial charge on any atom is -0.401 e. The first-order valence-corrected chi connectivity index (χ1v) is 4.76. The lowest BCUT2D eigenvalue weighted by molar-refractivity contribution is 0.555. The molecule has 0 bridgehead atoms. The lowest BCUT2D eigenvalue weighted by Crippen LogP contribution is -1.76. The Morgan fingerprint density at radius 2 is 2.00 bits per heavy atom. The number of aromatic nitrogens is 2. The molecule has 74 valence electrons. The van der Waals surface area contributed by atoms with E-state index in [2.05, 4.69) is 31.1 Å². The molecule has 0 radical (unpaired) electrons. The molecule has 0 fully saturated rings. The summed E-state index contributed by atoms with van der Waals surface area (Å²) in [6.45, 7) is 0. The standard InChI is InChI=1S/C9H4BrN3O2/c10-7-3-1-6(2-4-7)8-12-13-9(15-8)11-5-14/h1-4H. The Bertz CT molecular complexity index is 514. The van der Waals surface area contributed by atoms with Gasteiger partial charge in [0.2, 0.25) is 12.0 Å². The summed E-state index contributed by atoms with van der Waals surface area (Å²) in [7, 11) is 0. The number of carbonyl (C=O) groups excluding carboxylic acids is 1. The van der Waals surface area contributed by atoms with Crippen molar-refractivity contribution in [3.05, 3.63) is 28.7 Å². The van der Waals surface area contributed by atoms with E-state index in [4.69, 9.17) is 4.42 Å². The van der Waals surface area contributed by atoms with Gasteiger partial charge in [0.15, 0.2) is 0 Å². The highest BCUT2D eigenvalue weighted by molar-refractivity contribution is 9.10. The Labute approximate surface area is 93.0 Å². The summed E-state index contributed by atoms with van der Waals surface area (Å²) in [5, 5.41) is 7.28. The van der Waals surface area contributed by atoms with Gasteiger partial charge in [-0.25, -0.2) is 4.79 Å². The van der Waals surface area contributed by atoms with E-state index in [9.17, 15) is 4.79 Å². The molecule has 6 heteroatoms. The fourth-order valence-electron chi connectivity index (χ4n) is 1.01. The van der Waals surface area contributed by atoms with Crippen LogP contribution in [-0.2, 0) is 4.79 Å². The van der Waals surface area contributed by atoms with Crippen LogP contribution in [-0.4, -0.2) is 16.3 Å². The summed E-state index contributed by atoms with van der Waals surface area (Å²) in [6.07, 6.45) is 1.33. The van der Waals surface area contributed by atoms with Crippen LogP contribution in [0.15, 0.2) is 38.1 Å². The first kappa shape index (κ1) is 9.76. The molecule has 0 aliphatic heterocycles. The fourth-order valence-corrected chi connectivity index (χ4v) is 1.27. The number of hydrogen-bond acceptors (Lipinski definition) is 5. The zero-order chi connectivity index (χ0) is 10.7. The maximum absolute atomic E-state index is 9.94. The van der Waals surface area contributed by atoms with Crippen molar-refractivity contribution < 1.29 is 9.21 Å². The third kappa shape index (κ3) is 2.18. The number of isocyanates is 1. The molecular weight excluding hydrogens is 262 g/mol. The number of hydrogen-bond donors (Lipinski definition) is 0. The molecule has 0 aliphatic rings. The Morgan fingerprint density at radius 1 is 1.27 bits per heavy atom. The first-order valence-electron chi connectivity index (χ1n) is 3.97. The van der Waals surface area contributed by atoms with Crippen LogP contribution >= 0.6 is 15.9 Å². The third-order valence-corrected chi connectivity index (χ3v) is 2.18. The molecule has 0 saturated heterocycles. The van der Waals surface area contributed by atoms with Crippen LogP contribution in [0.4, 0.5) is 6.01 Å². The SMILES string of the molecule is O=C=Nc1nnc(-c2ccc(Br)cc2)o1. The zero-order valence-electron chi connectivity index (χ0n) is 7.35. The molecule has 0 spiro atoms. The molecule has 15 heavy (non-hydrogen) atoms. The Kier molecular flexibility index (Phi) is 2.71. The van der Waals surface area contributed by atoms with Crippen molar-refractivity contribution in [2.45, 2.75) is 0 Å². The van der Waals surface area contributed by atoms with E-state index in [1.807, 2.05) is 24.3 Å². The third-order valence-electron chi connectivity index (χ3n) is 1.65. The van der Waals surface area contributed by atoms with Crippen molar-refractivity contribution in [2.24, 2.45) is 4.99 Å². The normalized spacial score (nSPS) is 9.67. The summed E-state index contributed by atoms with van der Waals surface area (Å²) in [5.41, 5.74) is 0.762. The highest BCUT2D eigenvalue weighted by Crippen LogP contribution is 2.22. The minimum absolute atomic E-state index is 0.0945. The molecule has 2 aromatic rings. The topological polar surface area (TPSA) is 68.3 Å². The molecule has 0 saturated carbocycles. The van der Waals surface area contributed by atoms with E-state index < -0.39 is 0 Å². The Morgan fingerprint density at radius 3 is 2.67 bits per heavy atom. The molecular formula is C9H4BrN3O2.